The van der Waals surface area contributed by atoms with Gasteiger partial charge in [0, 0.05) is 19.1 Å². The molecular formula is C16H31N3O. The van der Waals surface area contributed by atoms with Gasteiger partial charge in [-0.1, -0.05) is 6.42 Å². The van der Waals surface area contributed by atoms with Gasteiger partial charge in [-0.25, -0.2) is 0 Å². The van der Waals surface area contributed by atoms with E-state index in [-0.39, 0.29) is 0 Å². The zero-order chi connectivity index (χ0) is 13.8. The van der Waals surface area contributed by atoms with Crippen LogP contribution in [0.1, 0.15) is 44.9 Å². The van der Waals surface area contributed by atoms with E-state index in [1.54, 1.807) is 0 Å². The molecule has 3 heterocycles. The van der Waals surface area contributed by atoms with Crippen molar-refractivity contribution in [2.45, 2.75) is 63.2 Å². The molecule has 3 aliphatic rings. The molecule has 0 aromatic heterocycles. The molecular weight excluding hydrogens is 250 g/mol. The monoisotopic (exact) mass is 281 g/mol. The minimum absolute atomic E-state index is 0.325. The Morgan fingerprint density at radius 2 is 1.55 bits per heavy atom. The molecule has 116 valence electrons. The quantitative estimate of drug-likeness (QED) is 0.847. The van der Waals surface area contributed by atoms with E-state index >= 15 is 0 Å². The maximum atomic E-state index is 5.98. The average molecular weight is 281 g/mol. The summed E-state index contributed by atoms with van der Waals surface area (Å²) in [6.45, 7) is 7.02. The average Bonchev–Trinajstić information content (AvgIpc) is 2.97. The first-order valence-electron chi connectivity index (χ1n) is 8.67. The van der Waals surface area contributed by atoms with Crippen molar-refractivity contribution < 1.29 is 4.74 Å². The maximum Gasteiger partial charge on any atom is 0.0707 e. The maximum absolute atomic E-state index is 5.98. The summed E-state index contributed by atoms with van der Waals surface area (Å²) in [6, 6.07) is 0.854. The molecule has 2 atom stereocenters. The lowest BCUT2D eigenvalue weighted by atomic mass is 9.99. The van der Waals surface area contributed by atoms with Gasteiger partial charge in [0.05, 0.1) is 12.2 Å². The van der Waals surface area contributed by atoms with Gasteiger partial charge in [0.2, 0.25) is 0 Å². The van der Waals surface area contributed by atoms with Crippen molar-refractivity contribution in [1.29, 1.82) is 0 Å². The molecule has 0 radical (unpaired) electrons. The van der Waals surface area contributed by atoms with E-state index in [1.165, 1.54) is 64.7 Å². The van der Waals surface area contributed by atoms with Gasteiger partial charge in [-0.3, -0.25) is 0 Å². The molecule has 4 nitrogen and oxygen atoms in total. The molecule has 2 unspecified atom stereocenters. The lowest BCUT2D eigenvalue weighted by molar-refractivity contribution is 0.0139. The van der Waals surface area contributed by atoms with Crippen molar-refractivity contribution >= 4 is 0 Å². The van der Waals surface area contributed by atoms with Crippen LogP contribution in [-0.2, 0) is 4.74 Å². The van der Waals surface area contributed by atoms with Crippen molar-refractivity contribution in [3.63, 3.8) is 0 Å². The topological polar surface area (TPSA) is 41.7 Å². The number of hydrogen-bond donors (Lipinski definition) is 1. The molecule has 0 aliphatic carbocycles. The van der Waals surface area contributed by atoms with Crippen LogP contribution in [0.25, 0.3) is 0 Å². The van der Waals surface area contributed by atoms with Crippen LogP contribution >= 0.6 is 0 Å². The van der Waals surface area contributed by atoms with Crippen LogP contribution in [0.15, 0.2) is 0 Å². The van der Waals surface area contributed by atoms with Gasteiger partial charge in [-0.2, -0.15) is 0 Å². The second-order valence-electron chi connectivity index (χ2n) is 6.82. The molecule has 20 heavy (non-hydrogen) atoms. The normalized spacial score (nSPS) is 34.6. The van der Waals surface area contributed by atoms with Crippen molar-refractivity contribution in [3.8, 4) is 0 Å². The smallest absolute Gasteiger partial charge is 0.0707 e. The van der Waals surface area contributed by atoms with Crippen LogP contribution in [0, 0.1) is 0 Å². The highest BCUT2D eigenvalue weighted by molar-refractivity contribution is 4.84. The fourth-order valence-corrected chi connectivity index (χ4v) is 4.13. The summed E-state index contributed by atoms with van der Waals surface area (Å²) in [5.74, 6) is 0. The van der Waals surface area contributed by atoms with E-state index in [1.807, 2.05) is 0 Å². The molecule has 4 heteroatoms. The molecule has 0 saturated carbocycles. The highest BCUT2D eigenvalue weighted by Gasteiger charge is 2.29. The predicted molar refractivity (Wildman–Crippen MR) is 81.8 cm³/mol. The number of nitrogens with zero attached hydrogens (tertiary/aromatic N) is 2. The third-order valence-corrected chi connectivity index (χ3v) is 5.38. The highest BCUT2D eigenvalue weighted by Crippen LogP contribution is 2.24. The molecule has 0 aromatic carbocycles. The van der Waals surface area contributed by atoms with Gasteiger partial charge in [-0.15, -0.1) is 0 Å². The van der Waals surface area contributed by atoms with Crippen molar-refractivity contribution in [2.75, 3.05) is 39.3 Å². The van der Waals surface area contributed by atoms with E-state index in [9.17, 15) is 0 Å². The van der Waals surface area contributed by atoms with E-state index in [2.05, 4.69) is 9.80 Å². The second kappa shape index (κ2) is 7.21. The van der Waals surface area contributed by atoms with Crippen LogP contribution in [-0.4, -0.2) is 67.3 Å². The molecule has 2 N–H and O–H groups in total. The summed E-state index contributed by atoms with van der Waals surface area (Å²) in [6.07, 6.45) is 10.1. The molecule has 3 rings (SSSR count). The SMILES string of the molecule is NCC1CCC(CN2CCC(N3CCCCC3)CC2)O1. The summed E-state index contributed by atoms with van der Waals surface area (Å²) in [4.78, 5) is 5.36. The van der Waals surface area contributed by atoms with Gasteiger partial charge in [0.25, 0.3) is 0 Å². The Balaban J connectivity index is 1.38. The number of piperidine rings is 2. The van der Waals surface area contributed by atoms with E-state index < -0.39 is 0 Å². The summed E-state index contributed by atoms with van der Waals surface area (Å²) in [5.41, 5.74) is 5.69. The van der Waals surface area contributed by atoms with Gasteiger partial charge in [-0.05, 0) is 64.7 Å². The van der Waals surface area contributed by atoms with Crippen LogP contribution in [0.5, 0.6) is 0 Å². The lowest BCUT2D eigenvalue weighted by Crippen LogP contribution is -2.48. The summed E-state index contributed by atoms with van der Waals surface area (Å²) < 4.78 is 5.98. The summed E-state index contributed by atoms with van der Waals surface area (Å²) in [5, 5.41) is 0. The fraction of sp³-hybridized carbons (Fsp3) is 1.00. The molecule has 3 fully saturated rings. The zero-order valence-corrected chi connectivity index (χ0v) is 12.8. The lowest BCUT2D eigenvalue weighted by Gasteiger charge is -2.40. The van der Waals surface area contributed by atoms with Crippen molar-refractivity contribution in [3.05, 3.63) is 0 Å². The van der Waals surface area contributed by atoms with Crippen molar-refractivity contribution in [2.24, 2.45) is 5.73 Å². The largest absolute Gasteiger partial charge is 0.372 e. The first kappa shape index (κ1) is 14.8. The Bertz CT molecular complexity index is 285. The minimum Gasteiger partial charge on any atom is -0.372 e. The zero-order valence-electron chi connectivity index (χ0n) is 12.8. The molecule has 0 spiro atoms. The second-order valence-corrected chi connectivity index (χ2v) is 6.82. The number of ether oxygens (including phenoxy) is 1. The number of likely N-dealkylation sites (tertiary alicyclic amines) is 2. The third-order valence-electron chi connectivity index (χ3n) is 5.38. The first-order valence-corrected chi connectivity index (χ1v) is 8.67. The highest BCUT2D eigenvalue weighted by atomic mass is 16.5. The van der Waals surface area contributed by atoms with E-state index in [0.29, 0.717) is 18.8 Å². The molecule has 0 bridgehead atoms. The Morgan fingerprint density at radius 1 is 0.850 bits per heavy atom. The van der Waals surface area contributed by atoms with Gasteiger partial charge in [0.15, 0.2) is 0 Å². The molecule has 0 aromatic rings. The van der Waals surface area contributed by atoms with Gasteiger partial charge in [0.1, 0.15) is 0 Å². The predicted octanol–water partition coefficient (Wildman–Crippen LogP) is 1.44. The molecule has 0 amide bonds. The van der Waals surface area contributed by atoms with Crippen LogP contribution in [0.2, 0.25) is 0 Å². The Morgan fingerprint density at radius 3 is 2.20 bits per heavy atom. The van der Waals surface area contributed by atoms with Crippen LogP contribution < -0.4 is 5.73 Å². The summed E-state index contributed by atoms with van der Waals surface area (Å²) in [7, 11) is 0. The van der Waals surface area contributed by atoms with E-state index in [4.69, 9.17) is 10.5 Å². The van der Waals surface area contributed by atoms with Crippen LogP contribution in [0.4, 0.5) is 0 Å². The standard InChI is InChI=1S/C16H31N3O/c17-12-15-4-5-16(20-15)13-18-10-6-14(7-11-18)19-8-2-1-3-9-19/h14-16H,1-13,17H2. The van der Waals surface area contributed by atoms with Crippen LogP contribution in [0.3, 0.4) is 0 Å². The van der Waals surface area contributed by atoms with Crippen molar-refractivity contribution in [1.82, 2.24) is 9.80 Å². The first-order chi connectivity index (χ1) is 9.85. The molecule has 3 saturated heterocycles. The number of rotatable bonds is 4. The fourth-order valence-electron chi connectivity index (χ4n) is 4.13. The third kappa shape index (κ3) is 3.73. The van der Waals surface area contributed by atoms with E-state index in [0.717, 1.165) is 19.0 Å². The summed E-state index contributed by atoms with van der Waals surface area (Å²) >= 11 is 0. The number of nitrogens with two attached hydrogens (primary N) is 1. The Labute approximate surface area is 123 Å². The Kier molecular flexibility index (Phi) is 5.32. The molecule has 3 aliphatic heterocycles. The van der Waals surface area contributed by atoms with Gasteiger partial charge >= 0.3 is 0 Å². The number of hydrogen-bond acceptors (Lipinski definition) is 4. The minimum atomic E-state index is 0.325. The van der Waals surface area contributed by atoms with Gasteiger partial charge < -0.3 is 20.3 Å². The Hall–Kier alpha value is -0.160.